The Morgan fingerprint density at radius 2 is 2.00 bits per heavy atom. The first-order chi connectivity index (χ1) is 12.0. The van der Waals surface area contributed by atoms with Gasteiger partial charge in [-0.15, -0.1) is 0 Å². The standard InChI is InChI=1S/C16H22F4N4O2/c1-9(2)5-13(15(21)26)24-14(25)6-11(16(18,19)20)12(22-24)3-4-23-7-10(17)8-23/h6,9-10,13H,3-5,7-8H2,1-2H3,(H2,21,26)/t13-/m0/s1. The lowest BCUT2D eigenvalue weighted by Gasteiger charge is -2.34. The van der Waals surface area contributed by atoms with Gasteiger partial charge in [0.15, 0.2) is 0 Å². The third-order valence-corrected chi connectivity index (χ3v) is 4.23. The van der Waals surface area contributed by atoms with Crippen molar-refractivity contribution in [2.75, 3.05) is 19.6 Å². The number of amides is 1. The van der Waals surface area contributed by atoms with Gasteiger partial charge in [-0.25, -0.2) is 9.07 Å². The molecule has 2 heterocycles. The normalized spacial score (nSPS) is 17.3. The summed E-state index contributed by atoms with van der Waals surface area (Å²) >= 11 is 0. The second kappa shape index (κ2) is 7.73. The molecular weight excluding hydrogens is 356 g/mol. The van der Waals surface area contributed by atoms with Crippen molar-refractivity contribution in [3.05, 3.63) is 27.7 Å². The summed E-state index contributed by atoms with van der Waals surface area (Å²) in [6.45, 7) is 4.10. The van der Waals surface area contributed by atoms with Gasteiger partial charge in [0.2, 0.25) is 5.91 Å². The fourth-order valence-electron chi connectivity index (χ4n) is 2.90. The Hall–Kier alpha value is -1.97. The lowest BCUT2D eigenvalue weighted by atomic mass is 10.0. The predicted octanol–water partition coefficient (Wildman–Crippen LogP) is 1.53. The SMILES string of the molecule is CC(C)C[C@@H](C(N)=O)n1nc(CCN2CC(F)C2)c(C(F)(F)F)cc1=O. The summed E-state index contributed by atoms with van der Waals surface area (Å²) in [5.74, 6) is -0.850. The van der Waals surface area contributed by atoms with E-state index in [-0.39, 0.29) is 44.1 Å². The molecule has 0 spiro atoms. The molecule has 10 heteroatoms. The second-order valence-corrected chi connectivity index (χ2v) is 6.94. The smallest absolute Gasteiger partial charge is 0.368 e. The van der Waals surface area contributed by atoms with Crippen LogP contribution in [0.1, 0.15) is 37.6 Å². The predicted molar refractivity (Wildman–Crippen MR) is 86.2 cm³/mol. The maximum absolute atomic E-state index is 13.3. The van der Waals surface area contributed by atoms with E-state index >= 15 is 0 Å². The van der Waals surface area contributed by atoms with Gasteiger partial charge in [0.05, 0.1) is 11.3 Å². The van der Waals surface area contributed by atoms with Crippen LogP contribution in [0.25, 0.3) is 0 Å². The zero-order valence-corrected chi connectivity index (χ0v) is 14.6. The summed E-state index contributed by atoms with van der Waals surface area (Å²) in [6, 6.07) is -0.671. The number of nitrogens with zero attached hydrogens (tertiary/aromatic N) is 3. The van der Waals surface area contributed by atoms with Gasteiger partial charge >= 0.3 is 6.18 Å². The monoisotopic (exact) mass is 378 g/mol. The molecule has 0 bridgehead atoms. The molecule has 1 aliphatic rings. The molecule has 1 aromatic heterocycles. The third-order valence-electron chi connectivity index (χ3n) is 4.23. The van der Waals surface area contributed by atoms with E-state index in [1.54, 1.807) is 18.7 Å². The van der Waals surface area contributed by atoms with Crippen molar-refractivity contribution in [1.82, 2.24) is 14.7 Å². The average molecular weight is 378 g/mol. The summed E-state index contributed by atoms with van der Waals surface area (Å²) in [5.41, 5.74) is 2.80. The fraction of sp³-hybridized carbons (Fsp3) is 0.688. The maximum atomic E-state index is 13.3. The zero-order valence-electron chi connectivity index (χ0n) is 14.6. The quantitative estimate of drug-likeness (QED) is 0.730. The van der Waals surface area contributed by atoms with Crippen LogP contribution < -0.4 is 11.3 Å². The lowest BCUT2D eigenvalue weighted by Crippen LogP contribution is -2.49. The Bertz CT molecular complexity index is 711. The van der Waals surface area contributed by atoms with Crippen molar-refractivity contribution in [3.8, 4) is 0 Å². The van der Waals surface area contributed by atoms with Crippen molar-refractivity contribution in [3.63, 3.8) is 0 Å². The van der Waals surface area contributed by atoms with E-state index in [1.807, 2.05) is 0 Å². The minimum absolute atomic E-state index is 0.0190. The Morgan fingerprint density at radius 3 is 2.46 bits per heavy atom. The van der Waals surface area contributed by atoms with E-state index in [1.165, 1.54) is 0 Å². The van der Waals surface area contributed by atoms with Crippen LogP contribution in [0.3, 0.4) is 0 Å². The third kappa shape index (κ3) is 4.80. The van der Waals surface area contributed by atoms with Crippen molar-refractivity contribution in [2.24, 2.45) is 11.7 Å². The van der Waals surface area contributed by atoms with Gasteiger partial charge < -0.3 is 5.73 Å². The number of alkyl halides is 4. The molecule has 146 valence electrons. The fourth-order valence-corrected chi connectivity index (χ4v) is 2.90. The van der Waals surface area contributed by atoms with Crippen molar-refractivity contribution in [1.29, 1.82) is 0 Å². The number of hydrogen-bond donors (Lipinski definition) is 1. The molecule has 1 atom stereocenters. The van der Waals surface area contributed by atoms with Gasteiger partial charge in [-0.1, -0.05) is 13.8 Å². The van der Waals surface area contributed by atoms with Gasteiger partial charge in [0, 0.05) is 32.1 Å². The first kappa shape index (κ1) is 20.3. The number of aromatic nitrogens is 2. The molecule has 1 aliphatic heterocycles. The Labute approximate surface area is 148 Å². The van der Waals surface area contributed by atoms with Crippen LogP contribution in [0.2, 0.25) is 0 Å². The van der Waals surface area contributed by atoms with Crippen LogP contribution >= 0.6 is 0 Å². The van der Waals surface area contributed by atoms with Crippen LogP contribution in [0, 0.1) is 5.92 Å². The summed E-state index contributed by atoms with van der Waals surface area (Å²) in [4.78, 5) is 25.5. The summed E-state index contributed by atoms with van der Waals surface area (Å²) in [5, 5.41) is 3.83. The zero-order chi connectivity index (χ0) is 19.6. The number of carbonyl (C=O) groups is 1. The molecule has 0 aliphatic carbocycles. The van der Waals surface area contributed by atoms with Crippen LogP contribution in [-0.4, -0.2) is 46.4 Å². The number of carbonyl (C=O) groups excluding carboxylic acids is 1. The van der Waals surface area contributed by atoms with E-state index in [9.17, 15) is 27.2 Å². The average Bonchev–Trinajstić information content (AvgIpc) is 2.47. The van der Waals surface area contributed by atoms with Crippen LogP contribution in [0.4, 0.5) is 17.6 Å². The number of likely N-dealkylation sites (tertiary alicyclic amines) is 1. The highest BCUT2D eigenvalue weighted by Crippen LogP contribution is 2.31. The molecule has 6 nitrogen and oxygen atoms in total. The maximum Gasteiger partial charge on any atom is 0.418 e. The van der Waals surface area contributed by atoms with E-state index in [0.29, 0.717) is 6.07 Å². The molecule has 0 saturated carbocycles. The number of hydrogen-bond acceptors (Lipinski definition) is 4. The number of nitrogens with two attached hydrogens (primary N) is 1. The number of rotatable bonds is 7. The van der Waals surface area contributed by atoms with Crippen molar-refractivity contribution < 1.29 is 22.4 Å². The molecule has 1 amide bonds. The Morgan fingerprint density at radius 1 is 1.38 bits per heavy atom. The highest BCUT2D eigenvalue weighted by atomic mass is 19.4. The lowest BCUT2D eigenvalue weighted by molar-refractivity contribution is -0.138. The first-order valence-electron chi connectivity index (χ1n) is 8.34. The molecule has 2 N–H and O–H groups in total. The van der Waals surface area contributed by atoms with Crippen molar-refractivity contribution >= 4 is 5.91 Å². The number of halogens is 4. The van der Waals surface area contributed by atoms with Crippen LogP contribution in [0.5, 0.6) is 0 Å². The van der Waals surface area contributed by atoms with Gasteiger partial charge in [0.1, 0.15) is 12.2 Å². The highest BCUT2D eigenvalue weighted by Gasteiger charge is 2.36. The Balaban J connectivity index is 2.38. The minimum atomic E-state index is -4.75. The van der Waals surface area contributed by atoms with Crippen LogP contribution in [-0.2, 0) is 17.4 Å². The van der Waals surface area contributed by atoms with Gasteiger partial charge in [-0.3, -0.25) is 14.5 Å². The molecule has 0 radical (unpaired) electrons. The second-order valence-electron chi connectivity index (χ2n) is 6.94. The molecule has 2 rings (SSSR count). The number of primary amides is 1. The molecular formula is C16H22F4N4O2. The Kier molecular flexibility index (Phi) is 6.05. The topological polar surface area (TPSA) is 81.2 Å². The minimum Gasteiger partial charge on any atom is -0.368 e. The van der Waals surface area contributed by atoms with E-state index in [0.717, 1.165) is 4.68 Å². The summed E-state index contributed by atoms with van der Waals surface area (Å²) in [7, 11) is 0. The van der Waals surface area contributed by atoms with Crippen LogP contribution in [0.15, 0.2) is 10.9 Å². The molecule has 0 unspecified atom stereocenters. The van der Waals surface area contributed by atoms with Gasteiger partial charge in [-0.2, -0.15) is 18.3 Å². The highest BCUT2D eigenvalue weighted by molar-refractivity contribution is 5.78. The summed E-state index contributed by atoms with van der Waals surface area (Å²) < 4.78 is 53.4. The van der Waals surface area contributed by atoms with Gasteiger partial charge in [-0.05, 0) is 12.3 Å². The summed E-state index contributed by atoms with van der Waals surface area (Å²) in [6.07, 6.45) is -5.65. The largest absolute Gasteiger partial charge is 0.418 e. The van der Waals surface area contributed by atoms with Crippen molar-refractivity contribution in [2.45, 2.75) is 45.1 Å². The molecule has 0 aromatic carbocycles. The molecule has 1 aromatic rings. The molecule has 26 heavy (non-hydrogen) atoms. The van der Waals surface area contributed by atoms with E-state index in [2.05, 4.69) is 5.10 Å². The molecule has 1 fully saturated rings. The van der Waals surface area contributed by atoms with Gasteiger partial charge in [0.25, 0.3) is 5.56 Å². The van der Waals surface area contributed by atoms with E-state index in [4.69, 9.17) is 5.73 Å². The first-order valence-corrected chi connectivity index (χ1v) is 8.34. The molecule has 1 saturated heterocycles. The van der Waals surface area contributed by atoms with E-state index < -0.39 is 35.4 Å².